The Labute approximate surface area is 113 Å². The van der Waals surface area contributed by atoms with E-state index in [1.165, 1.54) is 0 Å². The first-order chi connectivity index (χ1) is 8.02. The molecular weight excluding hydrogens is 258 g/mol. The van der Waals surface area contributed by atoms with Gasteiger partial charge in [0.2, 0.25) is 0 Å². The third kappa shape index (κ3) is 11.2. The molecule has 0 aromatic heterocycles. The molecular formula is C12H20ClNO4. The summed E-state index contributed by atoms with van der Waals surface area (Å²) in [5.41, 5.74) is 0.161. The number of carbonyl (C=O) groups excluding carboxylic acids is 2. The molecule has 0 saturated heterocycles. The van der Waals surface area contributed by atoms with E-state index in [1.54, 1.807) is 6.92 Å². The van der Waals surface area contributed by atoms with Crippen LogP contribution in [0.3, 0.4) is 0 Å². The van der Waals surface area contributed by atoms with Gasteiger partial charge in [-0.05, 0) is 13.0 Å². The lowest BCUT2D eigenvalue weighted by Crippen LogP contribution is -2.44. The van der Waals surface area contributed by atoms with Crippen molar-refractivity contribution in [3.8, 4) is 0 Å². The summed E-state index contributed by atoms with van der Waals surface area (Å²) in [6.45, 7) is 8.18. The number of alkyl halides is 1. The molecule has 5 nitrogen and oxygen atoms in total. The van der Waals surface area contributed by atoms with Gasteiger partial charge in [0, 0.05) is 5.57 Å². The van der Waals surface area contributed by atoms with E-state index >= 15 is 0 Å². The number of halogens is 1. The monoisotopic (exact) mass is 277 g/mol. The molecule has 0 radical (unpaired) electrons. The normalized spacial score (nSPS) is 11.6. The van der Waals surface area contributed by atoms with E-state index in [9.17, 15) is 4.79 Å². The van der Waals surface area contributed by atoms with Gasteiger partial charge in [0.05, 0.1) is 27.1 Å². The molecule has 0 aliphatic carbocycles. The second-order valence-corrected chi connectivity index (χ2v) is 4.96. The Kier molecular flexibility index (Phi) is 9.21. The molecule has 0 amide bonds. The zero-order valence-electron chi connectivity index (χ0n) is 11.2. The SMILES string of the molecule is C=C(C)C(=O)OCC(Cl)[N+](C)(C)C.C=CC(=O)[O-]. The van der Waals surface area contributed by atoms with Gasteiger partial charge in [0.15, 0.2) is 12.1 Å². The minimum absolute atomic E-state index is 0.205. The van der Waals surface area contributed by atoms with Crippen molar-refractivity contribution in [3.05, 3.63) is 24.8 Å². The van der Waals surface area contributed by atoms with E-state index < -0.39 is 5.97 Å². The Hall–Kier alpha value is -1.33. The standard InChI is InChI=1S/C9H17ClNO2.C3H4O2/c1-7(2)9(12)13-6-8(10)11(3,4)5;1-2-3(4)5/h8H,1,6H2,2-5H3;2H,1H2,(H,4,5)/q+1;/p-1. The third-order valence-corrected chi connectivity index (χ3v) is 2.42. The zero-order valence-corrected chi connectivity index (χ0v) is 12.0. The van der Waals surface area contributed by atoms with E-state index in [4.69, 9.17) is 26.2 Å². The zero-order chi connectivity index (χ0) is 14.9. The minimum Gasteiger partial charge on any atom is -0.545 e. The van der Waals surface area contributed by atoms with Gasteiger partial charge in [-0.3, -0.25) is 0 Å². The first-order valence-corrected chi connectivity index (χ1v) is 5.57. The summed E-state index contributed by atoms with van der Waals surface area (Å²) in [6.07, 6.45) is 0.722. The van der Waals surface area contributed by atoms with Gasteiger partial charge in [-0.1, -0.05) is 24.8 Å². The Morgan fingerprint density at radius 1 is 1.44 bits per heavy atom. The van der Waals surface area contributed by atoms with Crippen LogP contribution in [0.5, 0.6) is 0 Å². The molecule has 0 fully saturated rings. The highest BCUT2D eigenvalue weighted by Crippen LogP contribution is 2.08. The first kappa shape index (κ1) is 19.0. The summed E-state index contributed by atoms with van der Waals surface area (Å²) in [6, 6.07) is 0. The van der Waals surface area contributed by atoms with Crippen molar-refractivity contribution < 1.29 is 23.9 Å². The quantitative estimate of drug-likeness (QED) is 0.238. The summed E-state index contributed by atoms with van der Waals surface area (Å²) >= 11 is 5.97. The molecule has 0 N–H and O–H groups in total. The van der Waals surface area contributed by atoms with Gasteiger partial charge in [0.25, 0.3) is 0 Å². The number of quaternary nitrogens is 1. The van der Waals surface area contributed by atoms with E-state index in [2.05, 4.69) is 13.2 Å². The van der Waals surface area contributed by atoms with Gasteiger partial charge in [-0.2, -0.15) is 0 Å². The average molecular weight is 278 g/mol. The highest BCUT2D eigenvalue weighted by Gasteiger charge is 2.22. The van der Waals surface area contributed by atoms with Crippen LogP contribution >= 0.6 is 11.6 Å². The van der Waals surface area contributed by atoms with Gasteiger partial charge in [-0.25, -0.2) is 4.79 Å². The number of carboxylic acids is 1. The van der Waals surface area contributed by atoms with Crippen LogP contribution < -0.4 is 5.11 Å². The maximum atomic E-state index is 11.0. The van der Waals surface area contributed by atoms with Crippen LogP contribution in [0.25, 0.3) is 0 Å². The number of rotatable bonds is 5. The van der Waals surface area contributed by atoms with E-state index in [1.807, 2.05) is 21.1 Å². The van der Waals surface area contributed by atoms with Crippen molar-refractivity contribution >= 4 is 23.5 Å². The van der Waals surface area contributed by atoms with Crippen molar-refractivity contribution in [2.75, 3.05) is 27.7 Å². The Morgan fingerprint density at radius 3 is 2.06 bits per heavy atom. The Balaban J connectivity index is 0. The number of carboxylic acid groups (broad SMARTS) is 1. The molecule has 0 aliphatic heterocycles. The molecule has 1 atom stereocenters. The van der Waals surface area contributed by atoms with Crippen LogP contribution in [-0.4, -0.2) is 49.7 Å². The van der Waals surface area contributed by atoms with Gasteiger partial charge >= 0.3 is 5.97 Å². The Morgan fingerprint density at radius 2 is 1.83 bits per heavy atom. The van der Waals surface area contributed by atoms with Gasteiger partial charge in [-0.15, -0.1) is 0 Å². The third-order valence-electron chi connectivity index (χ3n) is 1.71. The lowest BCUT2D eigenvalue weighted by molar-refractivity contribution is -0.882. The number of carbonyl (C=O) groups is 2. The molecule has 104 valence electrons. The number of nitrogens with zero attached hydrogens (tertiary/aromatic N) is 1. The largest absolute Gasteiger partial charge is 0.545 e. The molecule has 6 heteroatoms. The van der Waals surface area contributed by atoms with Gasteiger partial charge in [0.1, 0.15) is 0 Å². The summed E-state index contributed by atoms with van der Waals surface area (Å²) < 4.78 is 5.45. The topological polar surface area (TPSA) is 66.4 Å². The predicted molar refractivity (Wildman–Crippen MR) is 68.7 cm³/mol. The lowest BCUT2D eigenvalue weighted by Gasteiger charge is -2.28. The van der Waals surface area contributed by atoms with Crippen LogP contribution in [0, 0.1) is 0 Å². The lowest BCUT2D eigenvalue weighted by atomic mass is 10.4. The fourth-order valence-corrected chi connectivity index (χ4v) is 0.554. The highest BCUT2D eigenvalue weighted by atomic mass is 35.5. The van der Waals surface area contributed by atoms with Crippen molar-refractivity contribution in [1.29, 1.82) is 0 Å². The fourth-order valence-electron chi connectivity index (χ4n) is 0.491. The molecule has 0 saturated carbocycles. The molecule has 0 aliphatic rings. The van der Waals surface area contributed by atoms with Crippen LogP contribution in [0.1, 0.15) is 6.92 Å². The second kappa shape index (κ2) is 8.72. The maximum Gasteiger partial charge on any atom is 0.333 e. The van der Waals surface area contributed by atoms with Crippen LogP contribution in [0.2, 0.25) is 0 Å². The van der Waals surface area contributed by atoms with Crippen molar-refractivity contribution in [3.63, 3.8) is 0 Å². The minimum atomic E-state index is -1.23. The summed E-state index contributed by atoms with van der Waals surface area (Å²) in [5, 5.41) is 9.14. The molecule has 0 heterocycles. The number of aliphatic carboxylic acids is 1. The number of ether oxygens (including phenoxy) is 1. The molecule has 0 spiro atoms. The van der Waals surface area contributed by atoms with Crippen LogP contribution in [0.15, 0.2) is 24.8 Å². The number of esters is 1. The first-order valence-electron chi connectivity index (χ1n) is 5.13. The van der Waals surface area contributed by atoms with Crippen LogP contribution in [0.4, 0.5) is 0 Å². The summed E-state index contributed by atoms with van der Waals surface area (Å²) in [4.78, 5) is 20.1. The molecule has 0 rings (SSSR count). The van der Waals surface area contributed by atoms with E-state index in [-0.39, 0.29) is 18.1 Å². The number of hydrogen-bond donors (Lipinski definition) is 0. The molecule has 1 unspecified atom stereocenters. The number of likely N-dealkylation sites (N-methyl/N-ethyl adjacent to an activating group) is 1. The number of hydrogen-bond acceptors (Lipinski definition) is 4. The molecule has 0 bridgehead atoms. The van der Waals surface area contributed by atoms with E-state index in [0.29, 0.717) is 10.1 Å². The van der Waals surface area contributed by atoms with Crippen molar-refractivity contribution in [2.24, 2.45) is 0 Å². The average Bonchev–Trinajstić information content (AvgIpc) is 2.24. The molecule has 0 aromatic carbocycles. The van der Waals surface area contributed by atoms with Crippen LogP contribution in [-0.2, 0) is 14.3 Å². The van der Waals surface area contributed by atoms with Crippen molar-refractivity contribution in [2.45, 2.75) is 12.4 Å². The highest BCUT2D eigenvalue weighted by molar-refractivity contribution is 6.19. The van der Waals surface area contributed by atoms with Crippen molar-refractivity contribution in [1.82, 2.24) is 0 Å². The van der Waals surface area contributed by atoms with Gasteiger partial charge < -0.3 is 19.1 Å². The smallest absolute Gasteiger partial charge is 0.333 e. The Bertz CT molecular complexity index is 321. The van der Waals surface area contributed by atoms with E-state index in [0.717, 1.165) is 6.08 Å². The molecule has 0 aromatic rings. The summed E-state index contributed by atoms with van der Waals surface area (Å²) in [5.74, 6) is -1.62. The summed E-state index contributed by atoms with van der Waals surface area (Å²) in [7, 11) is 5.81. The molecule has 18 heavy (non-hydrogen) atoms. The maximum absolute atomic E-state index is 11.0. The predicted octanol–water partition coefficient (Wildman–Crippen LogP) is 0.299. The second-order valence-electron chi connectivity index (χ2n) is 4.45. The fraction of sp³-hybridized carbons (Fsp3) is 0.500.